The summed E-state index contributed by atoms with van der Waals surface area (Å²) in [7, 11) is 1.00. The lowest BCUT2D eigenvalue weighted by molar-refractivity contribution is -0.0347. The molecule has 0 atom stereocenters. The zero-order valence-electron chi connectivity index (χ0n) is 16.4. The van der Waals surface area contributed by atoms with E-state index < -0.39 is 5.60 Å². The van der Waals surface area contributed by atoms with Gasteiger partial charge in [0, 0.05) is 7.11 Å². The first-order chi connectivity index (χ1) is 9.46. The van der Waals surface area contributed by atoms with E-state index in [1.54, 1.807) is 0 Å². The third-order valence-electron chi connectivity index (χ3n) is 5.68. The summed E-state index contributed by atoms with van der Waals surface area (Å²) in [5.41, 5.74) is 0.258. The Hall–Kier alpha value is -0.0800. The summed E-state index contributed by atoms with van der Waals surface area (Å²) in [5.74, 6) is 1.30. The molecule has 0 aliphatic heterocycles. The van der Waals surface area contributed by atoms with E-state index in [1.165, 1.54) is 25.7 Å². The van der Waals surface area contributed by atoms with Crippen molar-refractivity contribution in [3.05, 3.63) is 0 Å². The lowest BCUT2D eigenvalue weighted by Gasteiger charge is -2.49. The molecule has 0 aromatic rings. The number of hydrogen-bond acceptors (Lipinski definition) is 2. The quantitative estimate of drug-likeness (QED) is 0.729. The molecule has 1 saturated carbocycles. The smallest absolute Gasteiger partial charge is 0.0619 e. The molecule has 21 heavy (non-hydrogen) atoms. The summed E-state index contributed by atoms with van der Waals surface area (Å²) in [6.07, 6.45) is 4.93. The van der Waals surface area contributed by atoms with Crippen molar-refractivity contribution < 1.29 is 10.2 Å². The van der Waals surface area contributed by atoms with Gasteiger partial charge in [0.05, 0.1) is 5.60 Å². The topological polar surface area (TPSA) is 40.5 Å². The minimum absolute atomic E-state index is 0.360. The molecule has 2 heteroatoms. The van der Waals surface area contributed by atoms with E-state index in [1.807, 2.05) is 27.7 Å². The molecule has 2 N–H and O–H groups in total. The minimum Gasteiger partial charge on any atom is -0.400 e. The van der Waals surface area contributed by atoms with E-state index in [0.29, 0.717) is 16.7 Å². The molecule has 0 bridgehead atoms. The maximum Gasteiger partial charge on any atom is 0.0619 e. The van der Waals surface area contributed by atoms with Gasteiger partial charge in [0.2, 0.25) is 0 Å². The second-order valence-corrected chi connectivity index (χ2v) is 8.17. The second-order valence-electron chi connectivity index (χ2n) is 8.17. The Balaban J connectivity index is 0. The van der Waals surface area contributed by atoms with Gasteiger partial charge in [-0.2, -0.15) is 0 Å². The van der Waals surface area contributed by atoms with Crippen LogP contribution in [0.1, 0.15) is 88.0 Å². The Morgan fingerprint density at radius 3 is 1.19 bits per heavy atom. The van der Waals surface area contributed by atoms with Gasteiger partial charge in [-0.15, -0.1) is 0 Å². The highest BCUT2D eigenvalue weighted by atomic mass is 16.3. The summed E-state index contributed by atoms with van der Waals surface area (Å²) in [4.78, 5) is 0. The second kappa shape index (κ2) is 9.15. The summed E-state index contributed by atoms with van der Waals surface area (Å²) in [6.45, 7) is 19.8. The Labute approximate surface area is 134 Å². The van der Waals surface area contributed by atoms with Crippen molar-refractivity contribution in [2.24, 2.45) is 22.7 Å². The van der Waals surface area contributed by atoms with E-state index in [0.717, 1.165) is 13.0 Å². The van der Waals surface area contributed by atoms with Crippen molar-refractivity contribution in [2.75, 3.05) is 7.11 Å². The van der Waals surface area contributed by atoms with Gasteiger partial charge in [0.1, 0.15) is 0 Å². The zero-order valence-corrected chi connectivity index (χ0v) is 16.4. The van der Waals surface area contributed by atoms with Crippen LogP contribution in [0.3, 0.4) is 0 Å². The Bertz CT molecular complexity index is 248. The van der Waals surface area contributed by atoms with E-state index in [-0.39, 0.29) is 0 Å². The minimum atomic E-state index is -0.489. The molecule has 1 aliphatic rings. The van der Waals surface area contributed by atoms with Gasteiger partial charge >= 0.3 is 0 Å². The highest BCUT2D eigenvalue weighted by Crippen LogP contribution is 2.51. The van der Waals surface area contributed by atoms with Crippen LogP contribution in [0.2, 0.25) is 0 Å². The first kappa shape index (κ1) is 23.2. The van der Waals surface area contributed by atoms with Crippen LogP contribution in [-0.2, 0) is 0 Å². The molecule has 1 rings (SSSR count). The molecule has 0 radical (unpaired) electrons. The molecular weight excluding hydrogens is 260 g/mol. The van der Waals surface area contributed by atoms with Crippen molar-refractivity contribution in [3.8, 4) is 0 Å². The summed E-state index contributed by atoms with van der Waals surface area (Å²) >= 11 is 0. The van der Waals surface area contributed by atoms with Gasteiger partial charge in [-0.25, -0.2) is 0 Å². The third-order valence-corrected chi connectivity index (χ3v) is 5.68. The highest BCUT2D eigenvalue weighted by molar-refractivity contribution is 4.93. The Morgan fingerprint density at radius 2 is 0.952 bits per heavy atom. The summed E-state index contributed by atoms with van der Waals surface area (Å²) in [5, 5.41) is 17.1. The molecular formula is C19H42O2. The van der Waals surface area contributed by atoms with Crippen LogP contribution in [-0.4, -0.2) is 22.9 Å². The van der Waals surface area contributed by atoms with E-state index in [2.05, 4.69) is 34.6 Å². The molecule has 0 saturated heterocycles. The first-order valence-corrected chi connectivity index (χ1v) is 8.63. The summed E-state index contributed by atoms with van der Waals surface area (Å²) in [6, 6.07) is 0. The summed E-state index contributed by atoms with van der Waals surface area (Å²) < 4.78 is 0. The average molecular weight is 303 g/mol. The Morgan fingerprint density at radius 1 is 0.667 bits per heavy atom. The maximum atomic E-state index is 10.1. The Kier molecular flexibility index (Phi) is 10.1. The normalized spacial score (nSPS) is 23.4. The highest BCUT2D eigenvalue weighted by Gasteiger charge is 2.42. The molecule has 2 nitrogen and oxygen atoms in total. The van der Waals surface area contributed by atoms with Crippen molar-refractivity contribution in [2.45, 2.75) is 93.6 Å². The zero-order chi connectivity index (χ0) is 17.5. The van der Waals surface area contributed by atoms with Gasteiger partial charge < -0.3 is 10.2 Å². The van der Waals surface area contributed by atoms with E-state index in [4.69, 9.17) is 5.11 Å². The molecule has 1 aliphatic carbocycles. The van der Waals surface area contributed by atoms with Gasteiger partial charge in [0.25, 0.3) is 0 Å². The molecule has 0 spiro atoms. The molecule has 0 aromatic carbocycles. The lowest BCUT2D eigenvalue weighted by atomic mass is 9.57. The lowest BCUT2D eigenvalue weighted by Crippen LogP contribution is -2.41. The van der Waals surface area contributed by atoms with Crippen molar-refractivity contribution in [3.63, 3.8) is 0 Å². The van der Waals surface area contributed by atoms with Crippen molar-refractivity contribution in [1.82, 2.24) is 0 Å². The molecule has 130 valence electrons. The van der Waals surface area contributed by atoms with Gasteiger partial charge in [-0.3, -0.25) is 0 Å². The molecule has 0 unspecified atom stereocenters. The van der Waals surface area contributed by atoms with E-state index >= 15 is 0 Å². The number of hydrogen-bond donors (Lipinski definition) is 2. The van der Waals surface area contributed by atoms with Crippen LogP contribution in [0.25, 0.3) is 0 Å². The van der Waals surface area contributed by atoms with E-state index in [9.17, 15) is 5.11 Å². The number of rotatable bonds is 2. The van der Waals surface area contributed by atoms with Crippen molar-refractivity contribution in [1.29, 1.82) is 0 Å². The van der Waals surface area contributed by atoms with Crippen LogP contribution in [0.5, 0.6) is 0 Å². The van der Waals surface area contributed by atoms with Crippen LogP contribution < -0.4 is 0 Å². The fraction of sp³-hybridized carbons (Fsp3) is 1.00. The average Bonchev–Trinajstić information content (AvgIpc) is 2.41. The molecule has 0 aromatic heterocycles. The molecule has 0 heterocycles. The first-order valence-electron chi connectivity index (χ1n) is 8.63. The molecule has 1 fully saturated rings. The van der Waals surface area contributed by atoms with Crippen LogP contribution >= 0.6 is 0 Å². The van der Waals surface area contributed by atoms with Gasteiger partial charge in [-0.1, -0.05) is 48.5 Å². The fourth-order valence-electron chi connectivity index (χ4n) is 3.13. The van der Waals surface area contributed by atoms with Crippen molar-refractivity contribution >= 4 is 0 Å². The SMILES string of the molecule is CC.CC(C)(O)C1CCC(C(C)(C)C(C)(C)C)CC1.CO. The van der Waals surface area contributed by atoms with Crippen LogP contribution in [0.15, 0.2) is 0 Å². The number of aliphatic hydroxyl groups excluding tert-OH is 1. The van der Waals surface area contributed by atoms with Crippen LogP contribution in [0.4, 0.5) is 0 Å². The number of aliphatic hydroxyl groups is 2. The van der Waals surface area contributed by atoms with Crippen LogP contribution in [0, 0.1) is 22.7 Å². The standard InChI is InChI=1S/C16H32O.C2H6.CH4O/c1-14(2,3)15(4,5)12-8-10-13(11-9-12)16(6,7)17;2*1-2/h12-13,17H,8-11H2,1-7H3;1-2H3;2H,1H3. The van der Waals surface area contributed by atoms with Gasteiger partial charge in [-0.05, 0) is 62.2 Å². The largest absolute Gasteiger partial charge is 0.400 e. The third kappa shape index (κ3) is 6.69. The fourth-order valence-corrected chi connectivity index (χ4v) is 3.13. The predicted molar refractivity (Wildman–Crippen MR) is 94.5 cm³/mol. The van der Waals surface area contributed by atoms with Gasteiger partial charge in [0.15, 0.2) is 0 Å². The maximum absolute atomic E-state index is 10.1. The monoisotopic (exact) mass is 302 g/mol. The predicted octanol–water partition coefficient (Wildman–Crippen LogP) is 5.27. The molecule has 0 amide bonds.